The van der Waals surface area contributed by atoms with Gasteiger partial charge in [0.15, 0.2) is 0 Å². The van der Waals surface area contributed by atoms with Crippen molar-refractivity contribution in [3.63, 3.8) is 0 Å². The third kappa shape index (κ3) is 5.19. The lowest BCUT2D eigenvalue weighted by Gasteiger charge is -2.30. The molecular formula is C31H35FN4O5. The van der Waals surface area contributed by atoms with E-state index >= 15 is 4.39 Å². The van der Waals surface area contributed by atoms with E-state index in [-0.39, 0.29) is 17.6 Å². The molecule has 1 aliphatic heterocycles. The van der Waals surface area contributed by atoms with Crippen LogP contribution in [0.5, 0.6) is 0 Å². The summed E-state index contributed by atoms with van der Waals surface area (Å²) < 4.78 is 23.4. The number of aromatic amines is 1. The van der Waals surface area contributed by atoms with Crippen molar-refractivity contribution < 1.29 is 28.5 Å². The first-order valence-electron chi connectivity index (χ1n) is 13.8. The van der Waals surface area contributed by atoms with Crippen LogP contribution in [0.3, 0.4) is 0 Å². The van der Waals surface area contributed by atoms with Gasteiger partial charge in [0.25, 0.3) is 0 Å². The van der Waals surface area contributed by atoms with Crippen molar-refractivity contribution in [2.75, 3.05) is 13.7 Å². The zero-order valence-corrected chi connectivity index (χ0v) is 24.3. The Morgan fingerprint density at radius 2 is 1.83 bits per heavy atom. The van der Waals surface area contributed by atoms with Crippen LogP contribution in [0, 0.1) is 5.82 Å². The number of benzene rings is 2. The highest BCUT2D eigenvalue weighted by Crippen LogP contribution is 2.40. The minimum atomic E-state index is -0.944. The molecule has 3 heterocycles. The van der Waals surface area contributed by atoms with Gasteiger partial charge in [-0.15, -0.1) is 0 Å². The van der Waals surface area contributed by atoms with E-state index in [0.29, 0.717) is 29.6 Å². The molecule has 0 fully saturated rings. The van der Waals surface area contributed by atoms with E-state index in [1.807, 2.05) is 31.5 Å². The van der Waals surface area contributed by atoms with Crippen molar-refractivity contribution in [1.29, 1.82) is 0 Å². The van der Waals surface area contributed by atoms with E-state index in [1.54, 1.807) is 17.2 Å². The Hall–Kier alpha value is -4.18. The molecular weight excluding hydrogens is 527 g/mol. The first-order chi connectivity index (χ1) is 19.6. The summed E-state index contributed by atoms with van der Waals surface area (Å²) in [5, 5.41) is 5.70. The largest absolute Gasteiger partial charge is 0.444 e. The Labute approximate surface area is 238 Å². The number of aromatic nitrogens is 3. The summed E-state index contributed by atoms with van der Waals surface area (Å²) in [5.41, 5.74) is 5.37. The molecule has 2 aromatic carbocycles. The minimum Gasteiger partial charge on any atom is -0.444 e. The Balaban J connectivity index is 1.78. The van der Waals surface area contributed by atoms with Crippen LogP contribution in [0.25, 0.3) is 27.8 Å². The number of carbonyl (C=O) groups is 2. The van der Waals surface area contributed by atoms with Crippen LogP contribution < -0.4 is 0 Å². The standard InChI is InChI=1S/C31H35FN4O5/c1-7-18-10-9-11-19(8-2)27(18)36-28(22-17-35(15-13-24(22)34-36)30(38)40-31(3,4)5)21-16-23(32)25(29(37)41-39-6)26-20(21)12-14-33-26/h9-12,14,16,33H,7-8,13,15,17H2,1-6H3. The lowest BCUT2D eigenvalue weighted by molar-refractivity contribution is -0.216. The number of hydrogen-bond donors (Lipinski definition) is 1. The van der Waals surface area contributed by atoms with Crippen molar-refractivity contribution in [1.82, 2.24) is 19.7 Å². The first kappa shape index (κ1) is 28.4. The van der Waals surface area contributed by atoms with Gasteiger partial charge in [-0.05, 0) is 56.9 Å². The zero-order valence-electron chi connectivity index (χ0n) is 24.3. The minimum absolute atomic E-state index is 0.246. The smallest absolute Gasteiger partial charge is 0.410 e. The zero-order chi connectivity index (χ0) is 29.5. The van der Waals surface area contributed by atoms with E-state index < -0.39 is 23.5 Å². The number of amides is 1. The average molecular weight is 563 g/mol. The number of halogens is 1. The maximum atomic E-state index is 15.8. The topological polar surface area (TPSA) is 98.7 Å². The molecule has 0 radical (unpaired) electrons. The van der Waals surface area contributed by atoms with Gasteiger partial charge in [-0.2, -0.15) is 9.99 Å². The summed E-state index contributed by atoms with van der Waals surface area (Å²) >= 11 is 0. The van der Waals surface area contributed by atoms with Gasteiger partial charge in [-0.1, -0.05) is 32.0 Å². The summed E-state index contributed by atoms with van der Waals surface area (Å²) in [6.07, 6.45) is 3.29. The van der Waals surface area contributed by atoms with E-state index in [9.17, 15) is 9.59 Å². The maximum absolute atomic E-state index is 15.8. The molecule has 1 N–H and O–H groups in total. The summed E-state index contributed by atoms with van der Waals surface area (Å²) in [4.78, 5) is 39.6. The lowest BCUT2D eigenvalue weighted by atomic mass is 9.96. The molecule has 0 bridgehead atoms. The van der Waals surface area contributed by atoms with Crippen molar-refractivity contribution in [2.24, 2.45) is 0 Å². The third-order valence-electron chi connectivity index (χ3n) is 7.28. The second-order valence-electron chi connectivity index (χ2n) is 11.1. The van der Waals surface area contributed by atoms with Gasteiger partial charge < -0.3 is 14.6 Å². The number of H-pyrrole nitrogens is 1. The number of nitrogens with one attached hydrogen (secondary N) is 1. The number of fused-ring (bicyclic) bond motifs is 2. The average Bonchev–Trinajstić information content (AvgIpc) is 3.56. The Kier molecular flexibility index (Phi) is 7.61. The van der Waals surface area contributed by atoms with Crippen molar-refractivity contribution >= 4 is 23.0 Å². The number of carbonyl (C=O) groups excluding carboxylic acids is 2. The van der Waals surface area contributed by atoms with Crippen molar-refractivity contribution in [3.05, 3.63) is 70.3 Å². The summed E-state index contributed by atoms with van der Waals surface area (Å²) in [6.45, 7) is 10.4. The Morgan fingerprint density at radius 3 is 2.46 bits per heavy atom. The highest BCUT2D eigenvalue weighted by atomic mass is 19.1. The molecule has 0 unspecified atom stereocenters. The van der Waals surface area contributed by atoms with Crippen LogP contribution in [0.1, 0.15) is 67.4 Å². The molecule has 216 valence electrons. The van der Waals surface area contributed by atoms with Crippen LogP contribution in [0.2, 0.25) is 0 Å². The fraction of sp³-hybridized carbons (Fsp3) is 0.387. The molecule has 4 aromatic rings. The monoisotopic (exact) mass is 562 g/mol. The Morgan fingerprint density at radius 1 is 1.12 bits per heavy atom. The molecule has 9 nitrogen and oxygen atoms in total. The molecule has 5 rings (SSSR count). The highest BCUT2D eigenvalue weighted by molar-refractivity contribution is 6.08. The number of aryl methyl sites for hydroxylation is 2. The number of para-hydroxylation sites is 1. The summed E-state index contributed by atoms with van der Waals surface area (Å²) in [5.74, 6) is -1.71. The molecule has 0 aliphatic carbocycles. The Bertz CT molecular complexity index is 1610. The van der Waals surface area contributed by atoms with E-state index in [2.05, 4.69) is 40.7 Å². The SMILES string of the molecule is CCc1cccc(CC)c1-n1nc2c(c1-c1cc(F)c(C(=O)OOC)c3[nH]ccc13)CN(C(=O)OC(C)(C)C)CC2. The molecule has 2 aromatic heterocycles. The van der Waals surface area contributed by atoms with Crippen LogP contribution in [0.4, 0.5) is 9.18 Å². The first-order valence-corrected chi connectivity index (χ1v) is 13.8. The van der Waals surface area contributed by atoms with Crippen LogP contribution >= 0.6 is 0 Å². The number of ether oxygens (including phenoxy) is 1. The predicted octanol–water partition coefficient (Wildman–Crippen LogP) is 6.30. The van der Waals surface area contributed by atoms with Crippen molar-refractivity contribution in [3.8, 4) is 16.9 Å². The molecule has 41 heavy (non-hydrogen) atoms. The fourth-order valence-electron chi connectivity index (χ4n) is 5.49. The molecule has 0 spiro atoms. The van der Waals surface area contributed by atoms with Crippen LogP contribution in [-0.4, -0.2) is 51.0 Å². The maximum Gasteiger partial charge on any atom is 0.410 e. The normalized spacial score (nSPS) is 13.4. The van der Waals surface area contributed by atoms with E-state index in [0.717, 1.165) is 40.9 Å². The second-order valence-corrected chi connectivity index (χ2v) is 11.1. The van der Waals surface area contributed by atoms with Gasteiger partial charge >= 0.3 is 12.1 Å². The second kappa shape index (κ2) is 11.0. The van der Waals surface area contributed by atoms with Gasteiger partial charge in [0.05, 0.1) is 36.2 Å². The number of nitrogens with zero attached hydrogens (tertiary/aromatic N) is 3. The molecule has 10 heteroatoms. The highest BCUT2D eigenvalue weighted by Gasteiger charge is 2.33. The van der Waals surface area contributed by atoms with Crippen LogP contribution in [0.15, 0.2) is 36.5 Å². The van der Waals surface area contributed by atoms with Gasteiger partial charge in [-0.3, -0.25) is 4.89 Å². The lowest BCUT2D eigenvalue weighted by Crippen LogP contribution is -2.39. The summed E-state index contributed by atoms with van der Waals surface area (Å²) in [7, 11) is 1.19. The molecule has 0 saturated heterocycles. The molecule has 1 amide bonds. The van der Waals surface area contributed by atoms with Crippen molar-refractivity contribution in [2.45, 2.75) is 66.0 Å². The van der Waals surface area contributed by atoms with Gasteiger partial charge in [0.1, 0.15) is 17.0 Å². The number of rotatable bonds is 6. The predicted molar refractivity (Wildman–Crippen MR) is 152 cm³/mol. The van der Waals surface area contributed by atoms with E-state index in [4.69, 9.17) is 9.84 Å². The third-order valence-corrected chi connectivity index (χ3v) is 7.28. The fourth-order valence-corrected chi connectivity index (χ4v) is 5.49. The quantitative estimate of drug-likeness (QED) is 0.219. The van der Waals surface area contributed by atoms with E-state index in [1.165, 1.54) is 13.2 Å². The molecule has 1 aliphatic rings. The summed E-state index contributed by atoms with van der Waals surface area (Å²) in [6, 6.07) is 9.31. The van der Waals surface area contributed by atoms with Gasteiger partial charge in [0.2, 0.25) is 0 Å². The number of hydrogen-bond acceptors (Lipinski definition) is 6. The molecule has 0 saturated carbocycles. The van der Waals surface area contributed by atoms with Gasteiger partial charge in [-0.25, -0.2) is 18.7 Å². The molecule has 0 atom stereocenters. The van der Waals surface area contributed by atoms with Gasteiger partial charge in [0, 0.05) is 35.7 Å². The van der Waals surface area contributed by atoms with Crippen LogP contribution in [-0.2, 0) is 40.3 Å².